The third kappa shape index (κ3) is 3.54. The number of aromatic amines is 1. The lowest BCUT2D eigenvalue weighted by atomic mass is 10.1. The number of pyridine rings is 1. The molecular weight excluding hydrogens is 276 g/mol. The Morgan fingerprint density at radius 2 is 2.24 bits per heavy atom. The molecule has 0 saturated heterocycles. The Balaban J connectivity index is 2.04. The van der Waals surface area contributed by atoms with E-state index in [4.69, 9.17) is 9.26 Å². The van der Waals surface area contributed by atoms with Crippen molar-refractivity contribution in [3.05, 3.63) is 45.0 Å². The molecule has 21 heavy (non-hydrogen) atoms. The lowest BCUT2D eigenvalue weighted by molar-refractivity contribution is 0.0948. The number of amides is 1. The maximum Gasteiger partial charge on any atom is 0.261 e. The Kier molecular flexibility index (Phi) is 4.49. The van der Waals surface area contributed by atoms with Crippen LogP contribution in [0.5, 0.6) is 0 Å². The van der Waals surface area contributed by atoms with Gasteiger partial charge in [-0.3, -0.25) is 9.59 Å². The maximum atomic E-state index is 12.0. The van der Waals surface area contributed by atoms with Crippen molar-refractivity contribution in [3.63, 3.8) is 0 Å². The van der Waals surface area contributed by atoms with E-state index >= 15 is 0 Å². The van der Waals surface area contributed by atoms with E-state index < -0.39 is 11.5 Å². The minimum atomic E-state index is -0.488. The highest BCUT2D eigenvalue weighted by Gasteiger charge is 2.13. The zero-order valence-corrected chi connectivity index (χ0v) is 12.0. The number of H-pyrrole nitrogens is 1. The van der Waals surface area contributed by atoms with E-state index in [1.165, 1.54) is 7.11 Å². The molecule has 0 spiro atoms. The summed E-state index contributed by atoms with van der Waals surface area (Å²) in [6.45, 7) is 3.86. The molecule has 0 aromatic carbocycles. The Morgan fingerprint density at radius 3 is 2.95 bits per heavy atom. The second kappa shape index (κ2) is 6.31. The van der Waals surface area contributed by atoms with Crippen LogP contribution in [0.4, 0.5) is 0 Å². The normalized spacial score (nSPS) is 10.6. The lowest BCUT2D eigenvalue weighted by Gasteiger charge is -2.04. The SMILES string of the molecule is COCc1nc(CNC(=O)c2cc(C)c(C)[nH]c2=O)no1. The average molecular weight is 292 g/mol. The first-order valence-corrected chi connectivity index (χ1v) is 6.30. The quantitative estimate of drug-likeness (QED) is 0.828. The van der Waals surface area contributed by atoms with Gasteiger partial charge in [-0.2, -0.15) is 4.98 Å². The van der Waals surface area contributed by atoms with Gasteiger partial charge in [-0.05, 0) is 25.5 Å². The van der Waals surface area contributed by atoms with Gasteiger partial charge < -0.3 is 19.6 Å². The number of aromatic nitrogens is 3. The van der Waals surface area contributed by atoms with E-state index in [9.17, 15) is 9.59 Å². The molecule has 8 nitrogen and oxygen atoms in total. The van der Waals surface area contributed by atoms with Gasteiger partial charge in [0.1, 0.15) is 12.2 Å². The fraction of sp³-hybridized carbons (Fsp3) is 0.385. The van der Waals surface area contributed by atoms with E-state index in [-0.39, 0.29) is 18.7 Å². The summed E-state index contributed by atoms with van der Waals surface area (Å²) in [4.78, 5) is 30.4. The monoisotopic (exact) mass is 292 g/mol. The second-order valence-electron chi connectivity index (χ2n) is 4.54. The number of carbonyl (C=O) groups is 1. The van der Waals surface area contributed by atoms with Gasteiger partial charge >= 0.3 is 0 Å². The summed E-state index contributed by atoms with van der Waals surface area (Å²) in [7, 11) is 1.51. The van der Waals surface area contributed by atoms with E-state index in [0.717, 1.165) is 11.3 Å². The fourth-order valence-electron chi connectivity index (χ4n) is 1.69. The first-order chi connectivity index (χ1) is 10.0. The molecule has 0 bridgehead atoms. The molecule has 0 aliphatic carbocycles. The highest BCUT2D eigenvalue weighted by atomic mass is 16.5. The third-order valence-electron chi connectivity index (χ3n) is 2.93. The minimum absolute atomic E-state index is 0.0544. The molecule has 2 N–H and O–H groups in total. The number of rotatable bonds is 5. The zero-order chi connectivity index (χ0) is 15.4. The van der Waals surface area contributed by atoms with Gasteiger partial charge in [0, 0.05) is 12.8 Å². The Labute approximate surface area is 120 Å². The summed E-state index contributed by atoms with van der Waals surface area (Å²) in [6.07, 6.45) is 0. The molecule has 0 saturated carbocycles. The van der Waals surface area contributed by atoms with Crippen molar-refractivity contribution in [3.8, 4) is 0 Å². The van der Waals surface area contributed by atoms with Crippen LogP contribution in [0.15, 0.2) is 15.4 Å². The van der Waals surface area contributed by atoms with Crippen molar-refractivity contribution in [2.75, 3.05) is 7.11 Å². The molecule has 0 aliphatic heterocycles. The number of nitrogens with one attached hydrogen (secondary N) is 2. The number of carbonyl (C=O) groups excluding carboxylic acids is 1. The van der Waals surface area contributed by atoms with Crippen LogP contribution in [0.3, 0.4) is 0 Å². The molecule has 0 fully saturated rings. The molecule has 1 amide bonds. The summed E-state index contributed by atoms with van der Waals surface area (Å²) in [5, 5.41) is 6.26. The van der Waals surface area contributed by atoms with Crippen LogP contribution >= 0.6 is 0 Å². The van der Waals surface area contributed by atoms with Crippen LogP contribution in [-0.2, 0) is 17.9 Å². The van der Waals surface area contributed by atoms with Gasteiger partial charge in [-0.25, -0.2) is 0 Å². The highest BCUT2D eigenvalue weighted by Crippen LogP contribution is 2.03. The number of hydrogen-bond acceptors (Lipinski definition) is 6. The van der Waals surface area contributed by atoms with Crippen molar-refractivity contribution in [1.29, 1.82) is 0 Å². The van der Waals surface area contributed by atoms with Crippen LogP contribution in [0.1, 0.15) is 33.3 Å². The van der Waals surface area contributed by atoms with Crippen molar-refractivity contribution >= 4 is 5.91 Å². The number of nitrogens with zero attached hydrogens (tertiary/aromatic N) is 2. The minimum Gasteiger partial charge on any atom is -0.375 e. The van der Waals surface area contributed by atoms with Crippen LogP contribution in [0.25, 0.3) is 0 Å². The van der Waals surface area contributed by atoms with E-state index in [2.05, 4.69) is 20.4 Å². The average Bonchev–Trinajstić information content (AvgIpc) is 2.88. The van der Waals surface area contributed by atoms with Gasteiger partial charge in [-0.15, -0.1) is 0 Å². The fourth-order valence-corrected chi connectivity index (χ4v) is 1.69. The molecular formula is C13H16N4O4. The van der Waals surface area contributed by atoms with E-state index in [1.807, 2.05) is 6.92 Å². The molecule has 0 aliphatic rings. The number of hydrogen-bond donors (Lipinski definition) is 2. The Morgan fingerprint density at radius 1 is 1.48 bits per heavy atom. The molecule has 0 atom stereocenters. The molecule has 8 heteroatoms. The van der Waals surface area contributed by atoms with Gasteiger partial charge in [-0.1, -0.05) is 5.16 Å². The number of aryl methyl sites for hydroxylation is 2. The summed E-state index contributed by atoms with van der Waals surface area (Å²) >= 11 is 0. The standard InChI is InChI=1S/C13H16N4O4/c1-7-4-9(13(19)15-8(7)2)12(18)14-5-10-16-11(6-20-3)21-17-10/h4H,5-6H2,1-3H3,(H,14,18)(H,15,19). The molecule has 112 valence electrons. The van der Waals surface area contributed by atoms with Crippen LogP contribution in [0, 0.1) is 13.8 Å². The van der Waals surface area contributed by atoms with Gasteiger partial charge in [0.05, 0.1) is 6.54 Å². The Bertz CT molecular complexity index is 704. The smallest absolute Gasteiger partial charge is 0.261 e. The molecule has 2 rings (SSSR count). The lowest BCUT2D eigenvalue weighted by Crippen LogP contribution is -2.30. The molecule has 2 aromatic rings. The predicted molar refractivity (Wildman–Crippen MR) is 72.7 cm³/mol. The first kappa shape index (κ1) is 14.9. The Hall–Kier alpha value is -2.48. The number of ether oxygens (including phenoxy) is 1. The predicted octanol–water partition coefficient (Wildman–Crippen LogP) is 0.451. The first-order valence-electron chi connectivity index (χ1n) is 6.30. The summed E-state index contributed by atoms with van der Waals surface area (Å²) in [5.41, 5.74) is 1.20. The van der Waals surface area contributed by atoms with Gasteiger partial charge in [0.2, 0.25) is 0 Å². The molecule has 2 heterocycles. The van der Waals surface area contributed by atoms with Crippen LogP contribution in [0.2, 0.25) is 0 Å². The zero-order valence-electron chi connectivity index (χ0n) is 12.0. The van der Waals surface area contributed by atoms with Crippen molar-refractivity contribution in [2.45, 2.75) is 27.0 Å². The van der Waals surface area contributed by atoms with Crippen molar-refractivity contribution in [2.24, 2.45) is 0 Å². The molecule has 0 unspecified atom stereocenters. The van der Waals surface area contributed by atoms with Crippen LogP contribution < -0.4 is 10.9 Å². The molecule has 2 aromatic heterocycles. The van der Waals surface area contributed by atoms with E-state index in [1.54, 1.807) is 13.0 Å². The topological polar surface area (TPSA) is 110 Å². The van der Waals surface area contributed by atoms with E-state index in [0.29, 0.717) is 11.7 Å². The summed E-state index contributed by atoms with van der Waals surface area (Å²) in [6, 6.07) is 1.55. The van der Waals surface area contributed by atoms with Crippen LogP contribution in [-0.4, -0.2) is 28.1 Å². The van der Waals surface area contributed by atoms with Gasteiger partial charge in [0.15, 0.2) is 5.82 Å². The maximum absolute atomic E-state index is 12.0. The number of methoxy groups -OCH3 is 1. The highest BCUT2D eigenvalue weighted by molar-refractivity contribution is 5.93. The van der Waals surface area contributed by atoms with Crippen molar-refractivity contribution < 1.29 is 14.1 Å². The third-order valence-corrected chi connectivity index (χ3v) is 2.93. The summed E-state index contributed by atoms with van der Waals surface area (Å²) < 4.78 is 9.74. The summed E-state index contributed by atoms with van der Waals surface area (Å²) in [5.74, 6) is 0.152. The largest absolute Gasteiger partial charge is 0.375 e. The van der Waals surface area contributed by atoms with Gasteiger partial charge in [0.25, 0.3) is 17.4 Å². The molecule has 0 radical (unpaired) electrons. The second-order valence-corrected chi connectivity index (χ2v) is 4.54. The van der Waals surface area contributed by atoms with Crippen molar-refractivity contribution in [1.82, 2.24) is 20.4 Å².